The summed E-state index contributed by atoms with van der Waals surface area (Å²) in [6.07, 6.45) is 0. The van der Waals surface area contributed by atoms with Crippen molar-refractivity contribution in [2.45, 2.75) is 5.41 Å². The average Bonchev–Trinajstić information content (AvgIpc) is 3.91. The van der Waals surface area contributed by atoms with Crippen LogP contribution in [-0.4, -0.2) is 9.55 Å². The monoisotopic (exact) mass is 734 g/mol. The van der Waals surface area contributed by atoms with E-state index >= 15 is 0 Å². The lowest BCUT2D eigenvalue weighted by atomic mass is 9.70. The minimum absolute atomic E-state index is 0.392. The summed E-state index contributed by atoms with van der Waals surface area (Å²) in [7, 11) is 0. The van der Waals surface area contributed by atoms with Crippen LogP contribution >= 0.6 is 0 Å². The van der Waals surface area contributed by atoms with Gasteiger partial charge in [-0.05, 0) is 86.0 Å². The van der Waals surface area contributed by atoms with Gasteiger partial charge in [-0.3, -0.25) is 0 Å². The molecule has 2 heterocycles. The summed E-state index contributed by atoms with van der Waals surface area (Å²) in [5.74, 6) is 0. The summed E-state index contributed by atoms with van der Waals surface area (Å²) in [5.41, 5.74) is 19.4. The molecular weight excluding hydrogens is 701 g/mol. The third-order valence-electron chi connectivity index (χ3n) is 13.0. The van der Waals surface area contributed by atoms with Crippen LogP contribution in [0.4, 0.5) is 0 Å². The van der Waals surface area contributed by atoms with E-state index in [4.69, 9.17) is 4.98 Å². The van der Waals surface area contributed by atoms with E-state index in [2.05, 4.69) is 211 Å². The van der Waals surface area contributed by atoms with Crippen LogP contribution in [-0.2, 0) is 5.41 Å². The lowest BCUT2D eigenvalue weighted by Gasteiger charge is -2.30. The molecule has 11 aromatic rings. The lowest BCUT2D eigenvalue weighted by Crippen LogP contribution is -2.25. The summed E-state index contributed by atoms with van der Waals surface area (Å²) in [5, 5.41) is 6.18. The Balaban J connectivity index is 0.969. The summed E-state index contributed by atoms with van der Waals surface area (Å²) in [4.78, 5) is 5.41. The number of para-hydroxylation sites is 3. The standard InChI is InChI=1S/C56H34N2/c1-7-19-46-39(13-1)40-14-2-8-20-47(40)56(46)48-21-9-3-17-43(48)54-49(56)34-33-45-53(54)44-18-4-10-22-50(44)57-55(45)37-27-25-35(26-28-37)36-29-31-38(32-30-36)58-51-23-11-5-15-41(51)42-16-6-12-24-52(42)58/h1-34H. The van der Waals surface area contributed by atoms with Gasteiger partial charge in [-0.1, -0.05) is 176 Å². The van der Waals surface area contributed by atoms with E-state index in [0.29, 0.717) is 0 Å². The van der Waals surface area contributed by atoms with Crippen molar-refractivity contribution in [2.75, 3.05) is 0 Å². The highest BCUT2D eigenvalue weighted by atomic mass is 15.0. The first-order valence-electron chi connectivity index (χ1n) is 20.1. The molecule has 268 valence electrons. The van der Waals surface area contributed by atoms with Gasteiger partial charge in [0.25, 0.3) is 0 Å². The van der Waals surface area contributed by atoms with Gasteiger partial charge in [-0.2, -0.15) is 0 Å². The van der Waals surface area contributed by atoms with Crippen molar-refractivity contribution in [2.24, 2.45) is 0 Å². The largest absolute Gasteiger partial charge is 0.309 e. The number of aromatic nitrogens is 2. The van der Waals surface area contributed by atoms with Gasteiger partial charge in [-0.15, -0.1) is 0 Å². The van der Waals surface area contributed by atoms with E-state index in [9.17, 15) is 0 Å². The van der Waals surface area contributed by atoms with Gasteiger partial charge in [-0.25, -0.2) is 4.98 Å². The fraction of sp³-hybridized carbons (Fsp3) is 0.0179. The highest BCUT2D eigenvalue weighted by molar-refractivity contribution is 6.20. The van der Waals surface area contributed by atoms with Gasteiger partial charge in [0.05, 0.1) is 27.7 Å². The summed E-state index contributed by atoms with van der Waals surface area (Å²) >= 11 is 0. The van der Waals surface area contributed by atoms with E-state index in [-0.39, 0.29) is 0 Å². The number of rotatable bonds is 3. The van der Waals surface area contributed by atoms with Crippen molar-refractivity contribution in [1.29, 1.82) is 0 Å². The molecule has 13 rings (SSSR count). The highest BCUT2D eigenvalue weighted by Gasteiger charge is 2.52. The Morgan fingerprint density at radius 1 is 0.345 bits per heavy atom. The van der Waals surface area contributed by atoms with Crippen LogP contribution in [0.5, 0.6) is 0 Å². The molecule has 2 aliphatic carbocycles. The molecule has 2 aromatic heterocycles. The van der Waals surface area contributed by atoms with Gasteiger partial charge in [0, 0.05) is 38.2 Å². The number of benzene rings is 9. The van der Waals surface area contributed by atoms with Crippen LogP contribution in [0.15, 0.2) is 206 Å². The van der Waals surface area contributed by atoms with Gasteiger partial charge in [0.15, 0.2) is 0 Å². The SMILES string of the molecule is c1ccc2c(c1)-c1ccccc1C21c2ccccc2-c2c1ccc1c(-c3ccc(-c4ccc(-n5c6ccccc6c6ccccc65)cc4)cc3)nc3ccccc3c21. The van der Waals surface area contributed by atoms with Crippen LogP contribution in [0.25, 0.3) is 93.8 Å². The Hall–Kier alpha value is -7.55. The van der Waals surface area contributed by atoms with E-state index in [1.54, 1.807) is 0 Å². The summed E-state index contributed by atoms with van der Waals surface area (Å²) in [6, 6.07) is 75.9. The molecule has 9 aromatic carbocycles. The summed E-state index contributed by atoms with van der Waals surface area (Å²) in [6.45, 7) is 0. The van der Waals surface area contributed by atoms with Crippen molar-refractivity contribution in [3.63, 3.8) is 0 Å². The number of hydrogen-bond acceptors (Lipinski definition) is 1. The Morgan fingerprint density at radius 3 is 1.47 bits per heavy atom. The van der Waals surface area contributed by atoms with E-state index in [0.717, 1.165) is 22.5 Å². The van der Waals surface area contributed by atoms with Crippen molar-refractivity contribution in [1.82, 2.24) is 9.55 Å². The molecule has 0 fully saturated rings. The first-order chi connectivity index (χ1) is 28.8. The first-order valence-corrected chi connectivity index (χ1v) is 20.1. The van der Waals surface area contributed by atoms with Gasteiger partial charge < -0.3 is 4.57 Å². The van der Waals surface area contributed by atoms with Crippen LogP contribution in [0.1, 0.15) is 22.3 Å². The number of nitrogens with zero attached hydrogens (tertiary/aromatic N) is 2. The van der Waals surface area contributed by atoms with Crippen LogP contribution in [0, 0.1) is 0 Å². The molecular formula is C56H34N2. The molecule has 2 aliphatic rings. The second kappa shape index (κ2) is 11.7. The second-order valence-electron chi connectivity index (χ2n) is 15.8. The minimum Gasteiger partial charge on any atom is -0.309 e. The topological polar surface area (TPSA) is 17.8 Å². The highest BCUT2D eigenvalue weighted by Crippen LogP contribution is 2.64. The van der Waals surface area contributed by atoms with Crippen LogP contribution in [0.2, 0.25) is 0 Å². The molecule has 0 saturated carbocycles. The Labute approximate surface area is 335 Å². The molecule has 58 heavy (non-hydrogen) atoms. The molecule has 2 heteroatoms. The quantitative estimate of drug-likeness (QED) is 0.165. The molecule has 0 amide bonds. The molecule has 0 N–H and O–H groups in total. The van der Waals surface area contributed by atoms with Crippen LogP contribution < -0.4 is 0 Å². The van der Waals surface area contributed by atoms with Gasteiger partial charge in [0.1, 0.15) is 0 Å². The third kappa shape index (κ3) is 4.08. The maximum absolute atomic E-state index is 5.41. The van der Waals surface area contributed by atoms with Crippen molar-refractivity contribution >= 4 is 43.5 Å². The molecule has 0 radical (unpaired) electrons. The zero-order valence-electron chi connectivity index (χ0n) is 31.5. The zero-order valence-corrected chi connectivity index (χ0v) is 31.5. The molecule has 1 spiro atoms. The maximum Gasteiger partial charge on any atom is 0.0788 e. The Morgan fingerprint density at radius 2 is 0.828 bits per heavy atom. The Kier molecular flexibility index (Phi) is 6.40. The Bertz CT molecular complexity index is 3400. The predicted octanol–water partition coefficient (Wildman–Crippen LogP) is 14.2. The fourth-order valence-electron chi connectivity index (χ4n) is 10.7. The van der Waals surface area contributed by atoms with Crippen molar-refractivity contribution < 1.29 is 0 Å². The molecule has 0 bridgehead atoms. The molecule has 0 aliphatic heterocycles. The minimum atomic E-state index is -0.392. The van der Waals surface area contributed by atoms with Crippen molar-refractivity contribution in [3.05, 3.63) is 229 Å². The molecule has 0 atom stereocenters. The second-order valence-corrected chi connectivity index (χ2v) is 15.8. The number of hydrogen-bond donors (Lipinski definition) is 0. The van der Waals surface area contributed by atoms with Crippen molar-refractivity contribution in [3.8, 4) is 50.3 Å². The molecule has 2 nitrogen and oxygen atoms in total. The van der Waals surface area contributed by atoms with E-state index in [1.165, 1.54) is 93.6 Å². The van der Waals surface area contributed by atoms with E-state index < -0.39 is 5.41 Å². The lowest BCUT2D eigenvalue weighted by molar-refractivity contribution is 0.794. The van der Waals surface area contributed by atoms with E-state index in [1.807, 2.05) is 0 Å². The first kappa shape index (κ1) is 31.6. The normalized spacial score (nSPS) is 13.3. The zero-order chi connectivity index (χ0) is 38.0. The van der Waals surface area contributed by atoms with Gasteiger partial charge >= 0.3 is 0 Å². The predicted molar refractivity (Wildman–Crippen MR) is 241 cm³/mol. The summed E-state index contributed by atoms with van der Waals surface area (Å²) < 4.78 is 2.37. The maximum atomic E-state index is 5.41. The average molecular weight is 735 g/mol. The number of fused-ring (bicyclic) bond motifs is 17. The smallest absolute Gasteiger partial charge is 0.0788 e. The van der Waals surface area contributed by atoms with Gasteiger partial charge in [0.2, 0.25) is 0 Å². The molecule has 0 unspecified atom stereocenters. The number of pyridine rings is 1. The third-order valence-corrected chi connectivity index (χ3v) is 13.0. The fourth-order valence-corrected chi connectivity index (χ4v) is 10.7. The van der Waals surface area contributed by atoms with Crippen LogP contribution in [0.3, 0.4) is 0 Å². The molecule has 0 saturated heterocycles.